The van der Waals surface area contributed by atoms with Crippen molar-refractivity contribution in [3.05, 3.63) is 35.1 Å². The van der Waals surface area contributed by atoms with Crippen molar-refractivity contribution < 1.29 is 28.5 Å². The molecule has 0 radical (unpaired) electrons. The highest BCUT2D eigenvalue weighted by molar-refractivity contribution is 5.71. The van der Waals surface area contributed by atoms with Crippen molar-refractivity contribution in [1.82, 2.24) is 9.80 Å². The summed E-state index contributed by atoms with van der Waals surface area (Å²) in [5.41, 5.74) is 1.84. The molecule has 1 amide bonds. The van der Waals surface area contributed by atoms with Crippen LogP contribution in [0.15, 0.2) is 24.0 Å². The summed E-state index contributed by atoms with van der Waals surface area (Å²) in [6.07, 6.45) is 4.81. The number of carbonyl (C=O) groups excluding carboxylic acids is 2. The summed E-state index contributed by atoms with van der Waals surface area (Å²) in [6.45, 7) is 6.91. The van der Waals surface area contributed by atoms with E-state index in [1.54, 1.807) is 14.2 Å². The van der Waals surface area contributed by atoms with Crippen LogP contribution in [0.4, 0.5) is 4.79 Å². The molecule has 4 aliphatic rings. The van der Waals surface area contributed by atoms with Crippen molar-refractivity contribution >= 4 is 12.1 Å². The maximum atomic E-state index is 13.0. The van der Waals surface area contributed by atoms with E-state index in [4.69, 9.17) is 18.9 Å². The SMILES string of the molecule is COc1ccc2c3c1OC1C(OC(=O)N(C)CCCC(=O)OC(C)(C)C)=CCC4[C@@H](C2)N(C)CC[C@]314. The lowest BCUT2D eigenvalue weighted by atomic mass is 9.53. The number of carbonyl (C=O) groups is 2. The second kappa shape index (κ2) is 8.98. The fraction of sp³-hybridized carbons (Fsp3) is 0.643. The van der Waals surface area contributed by atoms with Crippen molar-refractivity contribution in [3.8, 4) is 11.5 Å². The first-order valence-electron chi connectivity index (χ1n) is 13.0. The fourth-order valence-electron chi connectivity index (χ4n) is 6.69. The Balaban J connectivity index is 1.33. The van der Waals surface area contributed by atoms with Crippen LogP contribution in [0.25, 0.3) is 0 Å². The Labute approximate surface area is 213 Å². The van der Waals surface area contributed by atoms with Gasteiger partial charge in [0.1, 0.15) is 11.4 Å². The first-order chi connectivity index (χ1) is 17.0. The molecule has 4 atom stereocenters. The van der Waals surface area contributed by atoms with Gasteiger partial charge in [0.25, 0.3) is 0 Å². The number of allylic oxidation sites excluding steroid dienone is 1. The van der Waals surface area contributed by atoms with Crippen molar-refractivity contribution in [2.45, 2.75) is 76.0 Å². The van der Waals surface area contributed by atoms with Gasteiger partial charge in [-0.25, -0.2) is 4.79 Å². The predicted molar refractivity (Wildman–Crippen MR) is 134 cm³/mol. The smallest absolute Gasteiger partial charge is 0.414 e. The Bertz CT molecular complexity index is 1090. The third-order valence-corrected chi connectivity index (χ3v) is 8.24. The van der Waals surface area contributed by atoms with Crippen molar-refractivity contribution in [2.75, 3.05) is 34.3 Å². The molecule has 2 unspecified atom stereocenters. The number of hydrogen-bond donors (Lipinski definition) is 0. The van der Waals surface area contributed by atoms with Gasteiger partial charge in [0, 0.05) is 37.0 Å². The molecule has 2 aliphatic carbocycles. The number of esters is 1. The van der Waals surface area contributed by atoms with E-state index in [-0.39, 0.29) is 23.9 Å². The minimum Gasteiger partial charge on any atom is -0.493 e. The Morgan fingerprint density at radius 3 is 2.78 bits per heavy atom. The standard InChI is InChI=1S/C28H38N2O6/c1-27(2,3)36-22(31)8-7-14-30(5)26(32)34-21-12-10-18-19-16-17-9-11-20(33-6)24-23(17)28(18,25(21)35-24)13-15-29(19)4/h9,11-12,18-19,25H,7-8,10,13-16H2,1-6H3/t18?,19-,25?,28+/m1/s1. The number of ether oxygens (including phenoxy) is 4. The molecule has 1 aromatic rings. The molecule has 1 saturated heterocycles. The van der Waals surface area contributed by atoms with E-state index in [2.05, 4.69) is 24.1 Å². The van der Waals surface area contributed by atoms with Crippen LogP contribution in [0.1, 0.15) is 57.6 Å². The van der Waals surface area contributed by atoms with E-state index >= 15 is 0 Å². The van der Waals surface area contributed by atoms with Crippen molar-refractivity contribution in [1.29, 1.82) is 0 Å². The quantitative estimate of drug-likeness (QED) is 0.548. The van der Waals surface area contributed by atoms with Gasteiger partial charge in [0.2, 0.25) is 0 Å². The van der Waals surface area contributed by atoms with Crippen LogP contribution in [0.2, 0.25) is 0 Å². The van der Waals surface area contributed by atoms with Crippen LogP contribution in [0.5, 0.6) is 11.5 Å². The average Bonchev–Trinajstić information content (AvgIpc) is 3.16. The molecular formula is C28H38N2O6. The number of nitrogens with zero attached hydrogens (tertiary/aromatic N) is 2. The maximum Gasteiger partial charge on any atom is 0.414 e. The Morgan fingerprint density at radius 1 is 1.28 bits per heavy atom. The minimum absolute atomic E-state index is 0.214. The summed E-state index contributed by atoms with van der Waals surface area (Å²) in [7, 11) is 5.57. The summed E-state index contributed by atoms with van der Waals surface area (Å²) < 4.78 is 23.6. The summed E-state index contributed by atoms with van der Waals surface area (Å²) in [5.74, 6) is 2.27. The van der Waals surface area contributed by atoms with Crippen LogP contribution >= 0.6 is 0 Å². The lowest BCUT2D eigenvalue weighted by Gasteiger charge is -2.56. The maximum absolute atomic E-state index is 13.0. The minimum atomic E-state index is -0.514. The highest BCUT2D eigenvalue weighted by atomic mass is 16.6. The molecule has 0 saturated carbocycles. The molecule has 196 valence electrons. The molecule has 8 nitrogen and oxygen atoms in total. The molecule has 5 rings (SSSR count). The topological polar surface area (TPSA) is 77.5 Å². The van der Waals surface area contributed by atoms with Crippen molar-refractivity contribution in [3.63, 3.8) is 0 Å². The van der Waals surface area contributed by atoms with Gasteiger partial charge in [-0.1, -0.05) is 6.07 Å². The molecule has 0 aromatic heterocycles. The van der Waals surface area contributed by atoms with Crippen LogP contribution < -0.4 is 9.47 Å². The van der Waals surface area contributed by atoms with Gasteiger partial charge >= 0.3 is 12.1 Å². The number of likely N-dealkylation sites (N-methyl/N-ethyl adjacent to an activating group) is 1. The zero-order valence-electron chi connectivity index (χ0n) is 22.3. The average molecular weight is 499 g/mol. The second-order valence-electron chi connectivity index (χ2n) is 11.6. The lowest BCUT2D eigenvalue weighted by molar-refractivity contribution is -0.154. The molecule has 1 spiro atoms. The third-order valence-electron chi connectivity index (χ3n) is 8.24. The molecule has 1 aromatic carbocycles. The number of hydrogen-bond acceptors (Lipinski definition) is 7. The van der Waals surface area contributed by atoms with Gasteiger partial charge < -0.3 is 28.7 Å². The summed E-state index contributed by atoms with van der Waals surface area (Å²) in [6, 6.07) is 4.60. The normalized spacial score (nSPS) is 27.9. The number of likely N-dealkylation sites (tertiary alicyclic amines) is 1. The lowest BCUT2D eigenvalue weighted by Crippen LogP contribution is -2.63. The number of amides is 1. The third kappa shape index (κ3) is 4.03. The Hall–Kier alpha value is -2.74. The number of rotatable bonds is 6. The molecule has 2 bridgehead atoms. The summed E-state index contributed by atoms with van der Waals surface area (Å²) in [5, 5.41) is 0. The van der Waals surface area contributed by atoms with Gasteiger partial charge in [0.05, 0.1) is 7.11 Å². The van der Waals surface area contributed by atoms with Gasteiger partial charge in [-0.3, -0.25) is 4.79 Å². The molecule has 2 heterocycles. The van der Waals surface area contributed by atoms with E-state index in [0.717, 1.165) is 37.3 Å². The van der Waals surface area contributed by atoms with E-state index in [0.29, 0.717) is 30.7 Å². The monoisotopic (exact) mass is 498 g/mol. The van der Waals surface area contributed by atoms with Crippen LogP contribution in [-0.2, 0) is 26.1 Å². The summed E-state index contributed by atoms with van der Waals surface area (Å²) in [4.78, 5) is 29.0. The van der Waals surface area contributed by atoms with E-state index < -0.39 is 11.7 Å². The second-order valence-corrected chi connectivity index (χ2v) is 11.6. The van der Waals surface area contributed by atoms with E-state index in [1.165, 1.54) is 16.0 Å². The Kier molecular flexibility index (Phi) is 6.22. The number of piperidine rings is 1. The fourth-order valence-corrected chi connectivity index (χ4v) is 6.69. The highest BCUT2D eigenvalue weighted by Crippen LogP contribution is 2.63. The highest BCUT2D eigenvalue weighted by Gasteiger charge is 2.64. The zero-order chi connectivity index (χ0) is 25.8. The van der Waals surface area contributed by atoms with Crippen LogP contribution in [0.3, 0.4) is 0 Å². The molecule has 0 N–H and O–H groups in total. The van der Waals surface area contributed by atoms with Crippen LogP contribution in [-0.4, -0.2) is 73.9 Å². The van der Waals surface area contributed by atoms with Crippen LogP contribution in [0, 0.1) is 5.92 Å². The predicted octanol–water partition coefficient (Wildman–Crippen LogP) is 4.05. The molecular weight excluding hydrogens is 460 g/mol. The molecule has 36 heavy (non-hydrogen) atoms. The molecule has 8 heteroatoms. The van der Waals surface area contributed by atoms with Gasteiger partial charge in [-0.2, -0.15) is 0 Å². The van der Waals surface area contributed by atoms with E-state index in [1.807, 2.05) is 26.8 Å². The van der Waals surface area contributed by atoms with Gasteiger partial charge in [-0.05, 0) is 83.7 Å². The first kappa shape index (κ1) is 24.9. The van der Waals surface area contributed by atoms with Gasteiger partial charge in [-0.15, -0.1) is 0 Å². The largest absolute Gasteiger partial charge is 0.493 e. The first-order valence-corrected chi connectivity index (χ1v) is 13.0. The van der Waals surface area contributed by atoms with Crippen molar-refractivity contribution in [2.24, 2.45) is 5.92 Å². The Morgan fingerprint density at radius 2 is 2.06 bits per heavy atom. The number of methoxy groups -OCH3 is 1. The number of benzene rings is 1. The zero-order valence-corrected chi connectivity index (χ0v) is 22.3. The van der Waals surface area contributed by atoms with Gasteiger partial charge in [0.15, 0.2) is 17.6 Å². The summed E-state index contributed by atoms with van der Waals surface area (Å²) >= 11 is 0. The van der Waals surface area contributed by atoms with E-state index in [9.17, 15) is 9.59 Å². The molecule has 2 aliphatic heterocycles. The molecule has 1 fully saturated rings.